The Morgan fingerprint density at radius 3 is 1.24 bits per heavy atom. The maximum absolute atomic E-state index is 13.3. The number of hydrogen-bond acceptors (Lipinski definition) is 2. The van der Waals surface area contributed by atoms with Gasteiger partial charge in [0.05, 0.1) is 0 Å². The molecule has 0 aliphatic heterocycles. The van der Waals surface area contributed by atoms with E-state index in [4.69, 9.17) is 4.55 Å². The lowest BCUT2D eigenvalue weighted by Crippen LogP contribution is -2.65. The highest BCUT2D eigenvalue weighted by Crippen LogP contribution is 2.56. The van der Waals surface area contributed by atoms with Crippen LogP contribution in [0, 0.1) is 0 Å². The summed E-state index contributed by atoms with van der Waals surface area (Å²) >= 11 is 0. The number of halogens is 11. The van der Waals surface area contributed by atoms with Gasteiger partial charge in [0.1, 0.15) is 6.42 Å². The molecule has 1 unspecified atom stereocenters. The number of alkyl halides is 11. The van der Waals surface area contributed by atoms with Crippen LogP contribution in [0.5, 0.6) is 0 Å². The van der Waals surface area contributed by atoms with Crippen molar-refractivity contribution in [1.82, 2.24) is 0 Å². The van der Waals surface area contributed by atoms with Crippen molar-refractivity contribution in [1.29, 1.82) is 0 Å². The minimum absolute atomic E-state index is 3.99. The summed E-state index contributed by atoms with van der Waals surface area (Å²) in [5.41, 5.74) is 0. The molecule has 1 N–H and O–H groups in total. The molecule has 128 valence electrons. The fourth-order valence-corrected chi connectivity index (χ4v) is 1.83. The largest absolute Gasteiger partial charge is 0.460 e. The summed E-state index contributed by atoms with van der Waals surface area (Å²) in [6, 6.07) is 0. The molecule has 0 aliphatic rings. The molecule has 0 heterocycles. The molecule has 0 rings (SSSR count). The lowest BCUT2D eigenvalue weighted by Gasteiger charge is -2.36. The fourth-order valence-electron chi connectivity index (χ4n) is 1.03. The van der Waals surface area contributed by atoms with Crippen LogP contribution in [0.3, 0.4) is 0 Å². The summed E-state index contributed by atoms with van der Waals surface area (Å²) in [6.07, 6.45) is -17.5. The van der Waals surface area contributed by atoms with Crippen LogP contribution in [-0.2, 0) is 10.1 Å². The van der Waals surface area contributed by atoms with Gasteiger partial charge in [-0.3, -0.25) is 4.55 Å². The zero-order valence-electron chi connectivity index (χ0n) is 9.04. The first-order chi connectivity index (χ1) is 8.71. The van der Waals surface area contributed by atoms with E-state index in [1.807, 2.05) is 0 Å². The van der Waals surface area contributed by atoms with Crippen molar-refractivity contribution in [3.8, 4) is 0 Å². The van der Waals surface area contributed by atoms with Crippen LogP contribution in [0.15, 0.2) is 0 Å². The Bertz CT molecular complexity index is 489. The van der Waals surface area contributed by atoms with Gasteiger partial charge in [-0.15, -0.1) is 0 Å². The average Bonchev–Trinajstić information content (AvgIpc) is 2.10. The van der Waals surface area contributed by atoms with E-state index >= 15 is 0 Å². The maximum atomic E-state index is 13.3. The van der Waals surface area contributed by atoms with Crippen molar-refractivity contribution in [2.75, 3.05) is 0 Å². The zero-order chi connectivity index (χ0) is 17.7. The van der Waals surface area contributed by atoms with E-state index in [2.05, 4.69) is 0 Å². The van der Waals surface area contributed by atoms with E-state index in [1.165, 1.54) is 0 Å². The smallest absolute Gasteiger partial charge is 0.283 e. The second-order valence-corrected chi connectivity index (χ2v) is 5.24. The van der Waals surface area contributed by atoms with Gasteiger partial charge in [0, 0.05) is 0 Å². The van der Waals surface area contributed by atoms with E-state index in [-0.39, 0.29) is 0 Å². The van der Waals surface area contributed by atoms with Crippen molar-refractivity contribution < 1.29 is 61.3 Å². The van der Waals surface area contributed by atoms with Crippen LogP contribution in [0.1, 0.15) is 6.42 Å². The van der Waals surface area contributed by atoms with Gasteiger partial charge in [0.2, 0.25) is 0 Å². The van der Waals surface area contributed by atoms with Crippen LogP contribution in [0.2, 0.25) is 0 Å². The molecule has 0 aromatic carbocycles. The zero-order valence-corrected chi connectivity index (χ0v) is 9.85. The van der Waals surface area contributed by atoms with Crippen LogP contribution < -0.4 is 0 Å². The summed E-state index contributed by atoms with van der Waals surface area (Å²) in [5.74, 6) is -15.0. The SMILES string of the molecule is O=S(=O)(O)C(F)(CC(F)(F)F)C(F)(F)C(F)(F)C(F)(F)F. The molecular formula is C6H3F11O3S. The third kappa shape index (κ3) is 3.32. The van der Waals surface area contributed by atoms with Crippen molar-refractivity contribution in [2.24, 2.45) is 0 Å². The van der Waals surface area contributed by atoms with Gasteiger partial charge in [-0.2, -0.15) is 52.3 Å². The molecule has 0 aromatic heterocycles. The van der Waals surface area contributed by atoms with Gasteiger partial charge in [0.25, 0.3) is 0 Å². The molecule has 0 fully saturated rings. The Hall–Kier alpha value is -0.860. The molecule has 0 spiro atoms. The Balaban J connectivity index is 6.34. The van der Waals surface area contributed by atoms with Gasteiger partial charge < -0.3 is 0 Å². The van der Waals surface area contributed by atoms with Gasteiger partial charge in [-0.25, -0.2) is 4.39 Å². The first-order valence-electron chi connectivity index (χ1n) is 4.26. The second kappa shape index (κ2) is 4.82. The molecule has 0 saturated carbocycles. The van der Waals surface area contributed by atoms with Crippen molar-refractivity contribution in [3.63, 3.8) is 0 Å². The molecule has 0 bridgehead atoms. The molecule has 0 radical (unpaired) electrons. The molecule has 15 heteroatoms. The molecule has 1 atom stereocenters. The quantitative estimate of drug-likeness (QED) is 0.615. The van der Waals surface area contributed by atoms with E-state index in [9.17, 15) is 56.7 Å². The molecule has 0 amide bonds. The molecule has 0 aliphatic carbocycles. The lowest BCUT2D eigenvalue weighted by atomic mass is 10.0. The summed E-state index contributed by atoms with van der Waals surface area (Å²) in [4.78, 5) is 0. The second-order valence-electron chi connectivity index (χ2n) is 3.64. The minimum atomic E-state index is -7.50. The average molecular weight is 364 g/mol. The predicted molar refractivity (Wildman–Crippen MR) is 42.0 cm³/mol. The highest BCUT2D eigenvalue weighted by atomic mass is 32.2. The van der Waals surface area contributed by atoms with Crippen molar-refractivity contribution in [3.05, 3.63) is 0 Å². The van der Waals surface area contributed by atoms with Crippen molar-refractivity contribution in [2.45, 2.75) is 35.6 Å². The van der Waals surface area contributed by atoms with E-state index in [0.29, 0.717) is 0 Å². The van der Waals surface area contributed by atoms with E-state index in [0.717, 1.165) is 0 Å². The Kier molecular flexibility index (Phi) is 4.62. The Morgan fingerprint density at radius 2 is 1.05 bits per heavy atom. The Labute approximate surface area is 108 Å². The molecular weight excluding hydrogens is 361 g/mol. The van der Waals surface area contributed by atoms with Gasteiger partial charge in [-0.1, -0.05) is 0 Å². The topological polar surface area (TPSA) is 54.4 Å². The van der Waals surface area contributed by atoms with Crippen LogP contribution in [0.25, 0.3) is 0 Å². The van der Waals surface area contributed by atoms with Gasteiger partial charge in [0.15, 0.2) is 0 Å². The van der Waals surface area contributed by atoms with Crippen molar-refractivity contribution >= 4 is 10.1 Å². The van der Waals surface area contributed by atoms with Crippen LogP contribution >= 0.6 is 0 Å². The highest BCUT2D eigenvalue weighted by molar-refractivity contribution is 7.87. The molecule has 0 aromatic rings. The van der Waals surface area contributed by atoms with Gasteiger partial charge >= 0.3 is 39.3 Å². The highest BCUT2D eigenvalue weighted by Gasteiger charge is 2.85. The monoisotopic (exact) mass is 364 g/mol. The maximum Gasteiger partial charge on any atom is 0.460 e. The number of hydrogen-bond donors (Lipinski definition) is 1. The summed E-state index contributed by atoms with van der Waals surface area (Å²) in [6.45, 7) is 0. The minimum Gasteiger partial charge on any atom is -0.283 e. The third-order valence-electron chi connectivity index (χ3n) is 2.06. The molecule has 3 nitrogen and oxygen atoms in total. The summed E-state index contributed by atoms with van der Waals surface area (Å²) in [5, 5.41) is -6.64. The lowest BCUT2D eigenvalue weighted by molar-refractivity contribution is -0.375. The predicted octanol–water partition coefficient (Wildman–Crippen LogP) is 3.33. The third-order valence-corrected chi connectivity index (χ3v) is 3.27. The van der Waals surface area contributed by atoms with E-state index in [1.54, 1.807) is 0 Å². The van der Waals surface area contributed by atoms with E-state index < -0.39 is 45.7 Å². The molecule has 21 heavy (non-hydrogen) atoms. The standard InChI is InChI=1S/C6H3F11O3S/c7-2(21(18,19)20,1-3(8,9)10)4(11,12)5(13,14)6(15,16)17/h1H2,(H,18,19,20). The summed E-state index contributed by atoms with van der Waals surface area (Å²) < 4.78 is 163. The first-order valence-corrected chi connectivity index (χ1v) is 5.70. The number of rotatable bonds is 4. The summed E-state index contributed by atoms with van der Waals surface area (Å²) in [7, 11) is -7.32. The van der Waals surface area contributed by atoms with Crippen LogP contribution in [-0.4, -0.2) is 42.2 Å². The first kappa shape index (κ1) is 20.1. The van der Waals surface area contributed by atoms with Gasteiger partial charge in [-0.05, 0) is 0 Å². The Morgan fingerprint density at radius 1 is 0.714 bits per heavy atom. The van der Waals surface area contributed by atoms with Crippen LogP contribution in [0.4, 0.5) is 48.3 Å². The normalized spacial score (nSPS) is 18.5. The fraction of sp³-hybridized carbons (Fsp3) is 1.00. The molecule has 0 saturated heterocycles.